The van der Waals surface area contributed by atoms with Gasteiger partial charge in [-0.15, -0.1) is 0 Å². The van der Waals surface area contributed by atoms with E-state index < -0.39 is 0 Å². The number of likely N-dealkylation sites (tertiary alicyclic amines) is 1. The fourth-order valence-electron chi connectivity index (χ4n) is 1.85. The van der Waals surface area contributed by atoms with Crippen LogP contribution in [0.3, 0.4) is 0 Å². The van der Waals surface area contributed by atoms with E-state index in [0.717, 1.165) is 12.0 Å². The standard InChI is InChI=1S/C10H17N/c1-8(2)10-5-6-11(10)7-9-3-4-9/h9-10H,1,3-7H2,2H3. The lowest BCUT2D eigenvalue weighted by molar-refractivity contribution is 0.111. The van der Waals surface area contributed by atoms with Gasteiger partial charge < -0.3 is 0 Å². The molecule has 0 spiro atoms. The maximum atomic E-state index is 4.01. The topological polar surface area (TPSA) is 3.24 Å². The van der Waals surface area contributed by atoms with Crippen molar-refractivity contribution in [3.05, 3.63) is 12.2 Å². The molecule has 1 saturated carbocycles. The SMILES string of the molecule is C=C(C)C1CCN1CC1CC1. The summed E-state index contributed by atoms with van der Waals surface area (Å²) in [6, 6.07) is 0.732. The fraction of sp³-hybridized carbons (Fsp3) is 0.800. The second kappa shape index (κ2) is 2.63. The lowest BCUT2D eigenvalue weighted by Gasteiger charge is -2.41. The van der Waals surface area contributed by atoms with Gasteiger partial charge in [0.05, 0.1) is 0 Å². The van der Waals surface area contributed by atoms with Crippen molar-refractivity contribution in [2.24, 2.45) is 5.92 Å². The molecule has 11 heavy (non-hydrogen) atoms. The maximum Gasteiger partial charge on any atom is 0.0314 e. The molecule has 2 rings (SSSR count). The first-order valence-corrected chi connectivity index (χ1v) is 4.67. The van der Waals surface area contributed by atoms with Crippen LogP contribution in [-0.4, -0.2) is 24.0 Å². The van der Waals surface area contributed by atoms with Gasteiger partial charge in [0.25, 0.3) is 0 Å². The minimum absolute atomic E-state index is 0.732. The van der Waals surface area contributed by atoms with Crippen LogP contribution >= 0.6 is 0 Å². The Balaban J connectivity index is 1.80. The predicted octanol–water partition coefficient (Wildman–Crippen LogP) is 2.05. The van der Waals surface area contributed by atoms with E-state index >= 15 is 0 Å². The van der Waals surface area contributed by atoms with Crippen molar-refractivity contribution in [2.75, 3.05) is 13.1 Å². The Labute approximate surface area is 69.1 Å². The molecule has 0 radical (unpaired) electrons. The van der Waals surface area contributed by atoms with Crippen LogP contribution < -0.4 is 0 Å². The fourth-order valence-corrected chi connectivity index (χ4v) is 1.85. The first-order chi connectivity index (χ1) is 5.27. The summed E-state index contributed by atoms with van der Waals surface area (Å²) in [6.45, 7) is 8.83. The first-order valence-electron chi connectivity index (χ1n) is 4.67. The van der Waals surface area contributed by atoms with Gasteiger partial charge in [0.15, 0.2) is 0 Å². The zero-order valence-electron chi connectivity index (χ0n) is 7.34. The first kappa shape index (κ1) is 7.35. The normalized spacial score (nSPS) is 31.5. The van der Waals surface area contributed by atoms with Crippen molar-refractivity contribution in [3.63, 3.8) is 0 Å². The molecule has 62 valence electrons. The van der Waals surface area contributed by atoms with Gasteiger partial charge in [-0.1, -0.05) is 12.2 Å². The van der Waals surface area contributed by atoms with Crippen molar-refractivity contribution in [1.29, 1.82) is 0 Å². The third kappa shape index (κ3) is 1.48. The summed E-state index contributed by atoms with van der Waals surface area (Å²) in [4.78, 5) is 2.58. The molecule has 0 N–H and O–H groups in total. The van der Waals surface area contributed by atoms with E-state index in [2.05, 4.69) is 18.4 Å². The monoisotopic (exact) mass is 151 g/mol. The number of hydrogen-bond acceptors (Lipinski definition) is 1. The Kier molecular flexibility index (Phi) is 1.76. The Morgan fingerprint density at radius 3 is 2.55 bits per heavy atom. The highest BCUT2D eigenvalue weighted by Gasteiger charge is 2.33. The van der Waals surface area contributed by atoms with Crippen LogP contribution in [0.2, 0.25) is 0 Å². The Hall–Kier alpha value is -0.300. The van der Waals surface area contributed by atoms with Crippen molar-refractivity contribution >= 4 is 0 Å². The molecule has 1 heterocycles. The molecule has 1 unspecified atom stereocenters. The molecule has 1 nitrogen and oxygen atoms in total. The highest BCUT2D eigenvalue weighted by molar-refractivity contribution is 5.08. The molecule has 0 bridgehead atoms. The molecule has 0 aromatic rings. The molecule has 2 fully saturated rings. The van der Waals surface area contributed by atoms with E-state index in [-0.39, 0.29) is 0 Å². The van der Waals surface area contributed by atoms with Crippen LogP contribution in [0.1, 0.15) is 26.2 Å². The van der Waals surface area contributed by atoms with Crippen LogP contribution in [-0.2, 0) is 0 Å². The second-order valence-corrected chi connectivity index (χ2v) is 4.09. The average molecular weight is 151 g/mol. The highest BCUT2D eigenvalue weighted by atomic mass is 15.2. The van der Waals surface area contributed by atoms with Gasteiger partial charge in [-0.25, -0.2) is 0 Å². The minimum atomic E-state index is 0.732. The second-order valence-electron chi connectivity index (χ2n) is 4.09. The molecular weight excluding hydrogens is 134 g/mol. The van der Waals surface area contributed by atoms with E-state index in [1.165, 1.54) is 37.9 Å². The largest absolute Gasteiger partial charge is 0.296 e. The third-order valence-corrected chi connectivity index (χ3v) is 2.89. The van der Waals surface area contributed by atoms with Gasteiger partial charge >= 0.3 is 0 Å². The van der Waals surface area contributed by atoms with Gasteiger partial charge in [0.2, 0.25) is 0 Å². The van der Waals surface area contributed by atoms with E-state index in [0.29, 0.717) is 0 Å². The van der Waals surface area contributed by atoms with Crippen molar-refractivity contribution in [2.45, 2.75) is 32.2 Å². The predicted molar refractivity (Wildman–Crippen MR) is 47.5 cm³/mol. The van der Waals surface area contributed by atoms with Crippen molar-refractivity contribution in [1.82, 2.24) is 4.90 Å². The highest BCUT2D eigenvalue weighted by Crippen LogP contribution is 2.34. The number of rotatable bonds is 3. The molecule has 1 saturated heterocycles. The summed E-state index contributed by atoms with van der Waals surface area (Å²) in [5, 5.41) is 0. The number of hydrogen-bond donors (Lipinski definition) is 0. The summed E-state index contributed by atoms with van der Waals surface area (Å²) in [5.74, 6) is 1.04. The summed E-state index contributed by atoms with van der Waals surface area (Å²) in [7, 11) is 0. The maximum absolute atomic E-state index is 4.01. The number of nitrogens with zero attached hydrogens (tertiary/aromatic N) is 1. The Morgan fingerprint density at radius 1 is 1.45 bits per heavy atom. The molecular formula is C10H17N. The summed E-state index contributed by atoms with van der Waals surface area (Å²) in [5.41, 5.74) is 1.36. The van der Waals surface area contributed by atoms with Crippen LogP contribution in [0.4, 0.5) is 0 Å². The summed E-state index contributed by atoms with van der Waals surface area (Å²) < 4.78 is 0. The molecule has 1 aliphatic heterocycles. The molecule has 0 amide bonds. The van der Waals surface area contributed by atoms with Gasteiger partial charge in [-0.05, 0) is 32.1 Å². The molecule has 0 aromatic carbocycles. The van der Waals surface area contributed by atoms with Gasteiger partial charge in [0.1, 0.15) is 0 Å². The Morgan fingerprint density at radius 2 is 2.18 bits per heavy atom. The van der Waals surface area contributed by atoms with E-state index in [1.807, 2.05) is 0 Å². The van der Waals surface area contributed by atoms with Crippen molar-refractivity contribution < 1.29 is 0 Å². The zero-order chi connectivity index (χ0) is 7.84. The third-order valence-electron chi connectivity index (χ3n) is 2.89. The van der Waals surface area contributed by atoms with E-state index in [1.54, 1.807) is 0 Å². The summed E-state index contributed by atoms with van der Waals surface area (Å²) in [6.07, 6.45) is 4.29. The molecule has 2 aliphatic rings. The molecule has 1 aliphatic carbocycles. The Bertz CT molecular complexity index is 170. The van der Waals surface area contributed by atoms with Crippen molar-refractivity contribution in [3.8, 4) is 0 Å². The van der Waals surface area contributed by atoms with Crippen LogP contribution in [0.15, 0.2) is 12.2 Å². The molecule has 1 atom stereocenters. The molecule has 1 heteroatoms. The van der Waals surface area contributed by atoms with Crippen LogP contribution in [0.25, 0.3) is 0 Å². The van der Waals surface area contributed by atoms with Gasteiger partial charge in [0, 0.05) is 19.1 Å². The van der Waals surface area contributed by atoms with E-state index in [4.69, 9.17) is 0 Å². The lowest BCUT2D eigenvalue weighted by Crippen LogP contribution is -2.48. The van der Waals surface area contributed by atoms with Gasteiger partial charge in [-0.3, -0.25) is 4.90 Å². The smallest absolute Gasteiger partial charge is 0.0314 e. The quantitative estimate of drug-likeness (QED) is 0.558. The average Bonchev–Trinajstić information content (AvgIpc) is 2.60. The zero-order valence-corrected chi connectivity index (χ0v) is 7.34. The van der Waals surface area contributed by atoms with Crippen LogP contribution in [0, 0.1) is 5.92 Å². The molecule has 0 aromatic heterocycles. The van der Waals surface area contributed by atoms with Gasteiger partial charge in [-0.2, -0.15) is 0 Å². The van der Waals surface area contributed by atoms with E-state index in [9.17, 15) is 0 Å². The van der Waals surface area contributed by atoms with Crippen LogP contribution in [0.5, 0.6) is 0 Å². The minimum Gasteiger partial charge on any atom is -0.296 e. The summed E-state index contributed by atoms with van der Waals surface area (Å²) >= 11 is 0. The lowest BCUT2D eigenvalue weighted by atomic mass is 9.96.